The van der Waals surface area contributed by atoms with Crippen LogP contribution in [0.4, 0.5) is 0 Å². The van der Waals surface area contributed by atoms with Gasteiger partial charge in [-0.2, -0.15) is 0 Å². The van der Waals surface area contributed by atoms with E-state index in [9.17, 15) is 5.11 Å². The van der Waals surface area contributed by atoms with Crippen LogP contribution >= 0.6 is 0 Å². The SMILES string of the molecule is C[C@@]1(CN)CCN(Cc2ccccc2)C[C@@H]1O. The van der Waals surface area contributed by atoms with Gasteiger partial charge in [0, 0.05) is 25.0 Å². The van der Waals surface area contributed by atoms with Crippen LogP contribution in [-0.2, 0) is 6.54 Å². The Balaban J connectivity index is 1.94. The standard InChI is InChI=1S/C14H22N2O/c1-14(11-15)7-8-16(10-13(14)17)9-12-5-3-2-4-6-12/h2-6,13,17H,7-11,15H2,1H3/t13-,14-/m0/s1. The van der Waals surface area contributed by atoms with Crippen molar-refractivity contribution < 1.29 is 5.11 Å². The quantitative estimate of drug-likeness (QED) is 0.826. The molecule has 1 aromatic carbocycles. The summed E-state index contributed by atoms with van der Waals surface area (Å²) in [6, 6.07) is 10.4. The van der Waals surface area contributed by atoms with Crippen LogP contribution in [0.25, 0.3) is 0 Å². The van der Waals surface area contributed by atoms with E-state index in [-0.39, 0.29) is 11.5 Å². The van der Waals surface area contributed by atoms with Crippen molar-refractivity contribution in [3.05, 3.63) is 35.9 Å². The monoisotopic (exact) mass is 234 g/mol. The van der Waals surface area contributed by atoms with E-state index in [1.165, 1.54) is 5.56 Å². The van der Waals surface area contributed by atoms with Gasteiger partial charge in [-0.1, -0.05) is 37.3 Å². The number of aliphatic hydroxyl groups is 1. The van der Waals surface area contributed by atoms with E-state index in [1.54, 1.807) is 0 Å². The highest BCUT2D eigenvalue weighted by atomic mass is 16.3. The van der Waals surface area contributed by atoms with Gasteiger partial charge < -0.3 is 10.8 Å². The number of hydrogen-bond acceptors (Lipinski definition) is 3. The second-order valence-corrected chi connectivity index (χ2v) is 5.34. The zero-order valence-corrected chi connectivity index (χ0v) is 10.5. The zero-order chi connectivity index (χ0) is 12.3. The predicted octanol–water partition coefficient (Wildman–Crippen LogP) is 1.22. The lowest BCUT2D eigenvalue weighted by atomic mass is 9.78. The second-order valence-electron chi connectivity index (χ2n) is 5.34. The maximum absolute atomic E-state index is 10.2. The molecule has 0 bridgehead atoms. The largest absolute Gasteiger partial charge is 0.391 e. The van der Waals surface area contributed by atoms with Crippen molar-refractivity contribution in [2.24, 2.45) is 11.1 Å². The molecule has 1 aromatic rings. The van der Waals surface area contributed by atoms with E-state index >= 15 is 0 Å². The molecule has 0 amide bonds. The minimum absolute atomic E-state index is 0.104. The van der Waals surface area contributed by atoms with Crippen LogP contribution in [0.5, 0.6) is 0 Å². The summed E-state index contributed by atoms with van der Waals surface area (Å²) in [5.74, 6) is 0. The number of β-amino-alcohol motifs (C(OH)–C–C–N with tert-alkyl or cyclic N) is 1. The van der Waals surface area contributed by atoms with Crippen LogP contribution in [0.1, 0.15) is 18.9 Å². The van der Waals surface area contributed by atoms with Crippen molar-refractivity contribution in [3.8, 4) is 0 Å². The average Bonchev–Trinajstić information content (AvgIpc) is 2.35. The Kier molecular flexibility index (Phi) is 3.82. The van der Waals surface area contributed by atoms with Gasteiger partial charge in [-0.25, -0.2) is 0 Å². The van der Waals surface area contributed by atoms with E-state index in [0.29, 0.717) is 6.54 Å². The molecule has 2 rings (SSSR count). The maximum Gasteiger partial charge on any atom is 0.0733 e. The molecule has 0 saturated carbocycles. The van der Waals surface area contributed by atoms with Gasteiger partial charge >= 0.3 is 0 Å². The van der Waals surface area contributed by atoms with Crippen LogP contribution < -0.4 is 5.73 Å². The fraction of sp³-hybridized carbons (Fsp3) is 0.571. The Morgan fingerprint density at radius 1 is 1.41 bits per heavy atom. The average molecular weight is 234 g/mol. The Labute approximate surface area is 103 Å². The minimum atomic E-state index is -0.315. The Morgan fingerprint density at radius 3 is 2.71 bits per heavy atom. The van der Waals surface area contributed by atoms with Crippen LogP contribution in [0.15, 0.2) is 30.3 Å². The van der Waals surface area contributed by atoms with Crippen molar-refractivity contribution in [2.45, 2.75) is 26.0 Å². The van der Waals surface area contributed by atoms with Gasteiger partial charge in [-0.05, 0) is 18.5 Å². The van der Waals surface area contributed by atoms with E-state index < -0.39 is 0 Å². The fourth-order valence-corrected chi connectivity index (χ4v) is 2.36. The van der Waals surface area contributed by atoms with E-state index in [4.69, 9.17) is 5.73 Å². The van der Waals surface area contributed by atoms with Gasteiger partial charge in [0.15, 0.2) is 0 Å². The highest BCUT2D eigenvalue weighted by Crippen LogP contribution is 2.30. The number of benzene rings is 1. The van der Waals surface area contributed by atoms with Crippen molar-refractivity contribution in [2.75, 3.05) is 19.6 Å². The third-order valence-corrected chi connectivity index (χ3v) is 3.95. The molecule has 1 fully saturated rings. The zero-order valence-electron chi connectivity index (χ0n) is 10.5. The summed E-state index contributed by atoms with van der Waals surface area (Å²) < 4.78 is 0. The number of hydrogen-bond donors (Lipinski definition) is 2. The first-order valence-electron chi connectivity index (χ1n) is 6.28. The lowest BCUT2D eigenvalue weighted by molar-refractivity contribution is -0.0329. The number of nitrogens with two attached hydrogens (primary N) is 1. The highest BCUT2D eigenvalue weighted by molar-refractivity contribution is 5.14. The predicted molar refractivity (Wildman–Crippen MR) is 69.5 cm³/mol. The summed E-state index contributed by atoms with van der Waals surface area (Å²) in [5.41, 5.74) is 6.95. The van der Waals surface area contributed by atoms with E-state index in [0.717, 1.165) is 26.1 Å². The smallest absolute Gasteiger partial charge is 0.0733 e. The molecule has 0 unspecified atom stereocenters. The van der Waals surface area contributed by atoms with Crippen molar-refractivity contribution >= 4 is 0 Å². The Morgan fingerprint density at radius 2 is 2.12 bits per heavy atom. The minimum Gasteiger partial charge on any atom is -0.391 e. The summed E-state index contributed by atoms with van der Waals surface area (Å²) in [6.07, 6.45) is 0.655. The Hall–Kier alpha value is -0.900. The van der Waals surface area contributed by atoms with Crippen LogP contribution in [0.3, 0.4) is 0 Å². The molecule has 1 heterocycles. The molecule has 3 heteroatoms. The third-order valence-electron chi connectivity index (χ3n) is 3.95. The summed E-state index contributed by atoms with van der Waals surface area (Å²) in [7, 11) is 0. The van der Waals surface area contributed by atoms with Gasteiger partial charge in [-0.3, -0.25) is 4.90 Å². The first kappa shape index (κ1) is 12.6. The highest BCUT2D eigenvalue weighted by Gasteiger charge is 2.36. The normalized spacial score (nSPS) is 30.4. The molecule has 3 N–H and O–H groups in total. The summed E-state index contributed by atoms with van der Waals surface area (Å²) in [5, 5.41) is 10.2. The van der Waals surface area contributed by atoms with Gasteiger partial charge in [0.1, 0.15) is 0 Å². The number of aliphatic hydroxyl groups excluding tert-OH is 1. The van der Waals surface area contributed by atoms with Gasteiger partial charge in [-0.15, -0.1) is 0 Å². The number of likely N-dealkylation sites (tertiary alicyclic amines) is 1. The van der Waals surface area contributed by atoms with E-state index in [2.05, 4.69) is 36.1 Å². The van der Waals surface area contributed by atoms with Crippen LogP contribution in [0.2, 0.25) is 0 Å². The summed E-state index contributed by atoms with van der Waals surface area (Å²) >= 11 is 0. The van der Waals surface area contributed by atoms with Gasteiger partial charge in [0.2, 0.25) is 0 Å². The number of nitrogens with zero attached hydrogens (tertiary/aromatic N) is 1. The van der Waals surface area contributed by atoms with E-state index in [1.807, 2.05) is 6.07 Å². The number of piperidine rings is 1. The molecule has 94 valence electrons. The first-order valence-corrected chi connectivity index (χ1v) is 6.28. The molecule has 17 heavy (non-hydrogen) atoms. The first-order chi connectivity index (χ1) is 8.14. The molecular formula is C14H22N2O. The molecule has 1 saturated heterocycles. The summed E-state index contributed by atoms with van der Waals surface area (Å²) in [4.78, 5) is 2.30. The lowest BCUT2D eigenvalue weighted by Crippen LogP contribution is -2.52. The molecule has 2 atom stereocenters. The number of rotatable bonds is 3. The van der Waals surface area contributed by atoms with Crippen molar-refractivity contribution in [1.29, 1.82) is 0 Å². The van der Waals surface area contributed by atoms with Gasteiger partial charge in [0.05, 0.1) is 6.10 Å². The van der Waals surface area contributed by atoms with Crippen LogP contribution in [-0.4, -0.2) is 35.7 Å². The van der Waals surface area contributed by atoms with Crippen LogP contribution in [0, 0.1) is 5.41 Å². The molecule has 3 nitrogen and oxygen atoms in total. The van der Waals surface area contributed by atoms with Crippen molar-refractivity contribution in [1.82, 2.24) is 4.90 Å². The summed E-state index contributed by atoms with van der Waals surface area (Å²) in [6.45, 7) is 5.30. The maximum atomic E-state index is 10.2. The van der Waals surface area contributed by atoms with Crippen molar-refractivity contribution in [3.63, 3.8) is 0 Å². The van der Waals surface area contributed by atoms with Gasteiger partial charge in [0.25, 0.3) is 0 Å². The molecule has 0 aromatic heterocycles. The lowest BCUT2D eigenvalue weighted by Gasteiger charge is -2.42. The topological polar surface area (TPSA) is 49.5 Å². The second kappa shape index (κ2) is 5.17. The molecule has 0 spiro atoms. The Bertz CT molecular complexity index is 354. The molecule has 0 radical (unpaired) electrons. The molecule has 0 aliphatic carbocycles. The fourth-order valence-electron chi connectivity index (χ4n) is 2.36. The third kappa shape index (κ3) is 2.86. The molecule has 1 aliphatic heterocycles. The molecular weight excluding hydrogens is 212 g/mol. The molecule has 1 aliphatic rings.